The summed E-state index contributed by atoms with van der Waals surface area (Å²) in [5, 5.41) is 18.8. The van der Waals surface area contributed by atoms with E-state index in [2.05, 4.69) is 41.6 Å². The number of aliphatic hydroxyl groups excluding tert-OH is 1. The van der Waals surface area contributed by atoms with E-state index in [-0.39, 0.29) is 36.5 Å². The molecule has 1 fully saturated rings. The maximum atomic E-state index is 11.5. The van der Waals surface area contributed by atoms with E-state index in [4.69, 9.17) is 4.99 Å². The lowest BCUT2D eigenvalue weighted by Crippen LogP contribution is -2.50. The van der Waals surface area contributed by atoms with Crippen molar-refractivity contribution in [3.8, 4) is 0 Å². The number of aliphatic imine (C=N–C) groups is 1. The van der Waals surface area contributed by atoms with E-state index in [0.29, 0.717) is 24.4 Å². The van der Waals surface area contributed by atoms with Gasteiger partial charge in [0.1, 0.15) is 0 Å². The van der Waals surface area contributed by atoms with Crippen molar-refractivity contribution in [2.45, 2.75) is 52.5 Å². The van der Waals surface area contributed by atoms with Crippen molar-refractivity contribution in [2.24, 2.45) is 16.8 Å². The minimum absolute atomic E-state index is 0. The molecule has 1 rings (SSSR count). The van der Waals surface area contributed by atoms with Crippen LogP contribution in [0.25, 0.3) is 0 Å². The van der Waals surface area contributed by atoms with Crippen molar-refractivity contribution < 1.29 is 9.90 Å². The topological polar surface area (TPSA) is 89.0 Å². The van der Waals surface area contributed by atoms with Gasteiger partial charge in [-0.1, -0.05) is 13.8 Å². The molecule has 0 aromatic heterocycles. The van der Waals surface area contributed by atoms with E-state index in [1.54, 1.807) is 7.05 Å². The molecule has 1 atom stereocenters. The molecule has 0 radical (unpaired) electrons. The smallest absolute Gasteiger partial charge is 0.233 e. The van der Waals surface area contributed by atoms with E-state index in [1.807, 2.05) is 0 Å². The molecule has 160 valence electrons. The van der Waals surface area contributed by atoms with Gasteiger partial charge in [-0.15, -0.1) is 24.0 Å². The summed E-state index contributed by atoms with van der Waals surface area (Å²) < 4.78 is 0. The fourth-order valence-corrected chi connectivity index (χ4v) is 3.38. The summed E-state index contributed by atoms with van der Waals surface area (Å²) in [5.41, 5.74) is 0. The molecule has 0 aromatic rings. The maximum Gasteiger partial charge on any atom is 0.233 e. The molecule has 1 aliphatic rings. The highest BCUT2D eigenvalue weighted by Crippen LogP contribution is 2.16. The van der Waals surface area contributed by atoms with Crippen molar-refractivity contribution in [3.05, 3.63) is 0 Å². The van der Waals surface area contributed by atoms with E-state index in [9.17, 15) is 9.90 Å². The molecular weight excluding hydrogens is 457 g/mol. The predicted octanol–water partition coefficient (Wildman–Crippen LogP) is 1.41. The summed E-state index contributed by atoms with van der Waals surface area (Å²) in [6, 6.07) is 0.384. The minimum atomic E-state index is 0. The third-order valence-electron chi connectivity index (χ3n) is 4.77. The first-order chi connectivity index (χ1) is 12.5. The number of nitrogens with zero attached hydrogens (tertiary/aromatic N) is 2. The zero-order valence-electron chi connectivity index (χ0n) is 17.5. The van der Waals surface area contributed by atoms with Crippen LogP contribution in [0.3, 0.4) is 0 Å². The lowest BCUT2D eigenvalue weighted by molar-refractivity contribution is -0.122. The first kappa shape index (κ1) is 26.4. The number of carbonyl (C=O) groups is 1. The SMILES string of the molecule is CCNC(=NCC(CCO)CC(C)C)NC1CCN(CC(=O)NC)CC1.I. The van der Waals surface area contributed by atoms with Crippen LogP contribution in [0.2, 0.25) is 0 Å². The van der Waals surface area contributed by atoms with Gasteiger partial charge in [-0.25, -0.2) is 0 Å². The van der Waals surface area contributed by atoms with Gasteiger partial charge < -0.3 is 21.1 Å². The molecule has 1 amide bonds. The Labute approximate surface area is 182 Å². The quantitative estimate of drug-likeness (QED) is 0.208. The van der Waals surface area contributed by atoms with Gasteiger partial charge >= 0.3 is 0 Å². The molecular formula is C19H40IN5O2. The standard InChI is InChI=1S/C19H39N5O2.HI/c1-5-21-19(22-13-16(8-11-25)12-15(2)3)23-17-6-9-24(10-7-17)14-18(26)20-4;/h15-17,25H,5-14H2,1-4H3,(H,20,26)(H2,21,22,23);1H. The number of piperidine rings is 1. The molecule has 27 heavy (non-hydrogen) atoms. The largest absolute Gasteiger partial charge is 0.396 e. The Hall–Kier alpha value is -0.610. The molecule has 1 heterocycles. The number of guanidine groups is 1. The molecule has 0 bridgehead atoms. The fraction of sp³-hybridized carbons (Fsp3) is 0.895. The number of likely N-dealkylation sites (N-methyl/N-ethyl adjacent to an activating group) is 1. The summed E-state index contributed by atoms with van der Waals surface area (Å²) in [6.07, 6.45) is 3.90. The second kappa shape index (κ2) is 15.3. The number of carbonyl (C=O) groups excluding carboxylic acids is 1. The van der Waals surface area contributed by atoms with Gasteiger partial charge in [-0.3, -0.25) is 14.7 Å². The number of hydrogen-bond acceptors (Lipinski definition) is 4. The van der Waals surface area contributed by atoms with Crippen LogP contribution in [0.1, 0.15) is 46.5 Å². The molecule has 0 aliphatic carbocycles. The van der Waals surface area contributed by atoms with Crippen molar-refractivity contribution in [2.75, 3.05) is 46.4 Å². The number of nitrogens with one attached hydrogen (secondary N) is 3. The molecule has 0 aromatic carbocycles. The van der Waals surface area contributed by atoms with Crippen molar-refractivity contribution in [3.63, 3.8) is 0 Å². The van der Waals surface area contributed by atoms with Crippen molar-refractivity contribution in [1.29, 1.82) is 0 Å². The maximum absolute atomic E-state index is 11.5. The number of likely N-dealkylation sites (tertiary alicyclic amines) is 1. The van der Waals surface area contributed by atoms with Gasteiger partial charge in [0, 0.05) is 45.9 Å². The first-order valence-electron chi connectivity index (χ1n) is 10.1. The fourth-order valence-electron chi connectivity index (χ4n) is 3.38. The highest BCUT2D eigenvalue weighted by Gasteiger charge is 2.21. The Balaban J connectivity index is 0.00000676. The van der Waals surface area contributed by atoms with Crippen molar-refractivity contribution >= 4 is 35.8 Å². The molecule has 7 nitrogen and oxygen atoms in total. The van der Waals surface area contributed by atoms with Crippen molar-refractivity contribution in [1.82, 2.24) is 20.9 Å². The van der Waals surface area contributed by atoms with Crippen LogP contribution in [0.4, 0.5) is 0 Å². The van der Waals surface area contributed by atoms with Gasteiger partial charge in [0.05, 0.1) is 6.54 Å². The number of hydrogen-bond donors (Lipinski definition) is 4. The second-order valence-corrected chi connectivity index (χ2v) is 7.60. The lowest BCUT2D eigenvalue weighted by atomic mass is 9.94. The Kier molecular flexibility index (Phi) is 15.0. The number of aliphatic hydroxyl groups is 1. The summed E-state index contributed by atoms with van der Waals surface area (Å²) in [6.45, 7) is 10.6. The highest BCUT2D eigenvalue weighted by atomic mass is 127. The normalized spacial score (nSPS) is 17.3. The Bertz CT molecular complexity index is 426. The summed E-state index contributed by atoms with van der Waals surface area (Å²) in [5.74, 6) is 1.97. The summed E-state index contributed by atoms with van der Waals surface area (Å²) >= 11 is 0. The molecule has 1 saturated heterocycles. The van der Waals surface area contributed by atoms with E-state index >= 15 is 0 Å². The van der Waals surface area contributed by atoms with Crippen LogP contribution in [0.5, 0.6) is 0 Å². The molecule has 0 saturated carbocycles. The Morgan fingerprint density at radius 3 is 2.48 bits per heavy atom. The molecule has 0 spiro atoms. The van der Waals surface area contributed by atoms with Gasteiger partial charge in [-0.2, -0.15) is 0 Å². The molecule has 4 N–H and O–H groups in total. The van der Waals surface area contributed by atoms with Crippen LogP contribution < -0.4 is 16.0 Å². The monoisotopic (exact) mass is 497 g/mol. The zero-order valence-corrected chi connectivity index (χ0v) is 19.8. The highest BCUT2D eigenvalue weighted by molar-refractivity contribution is 14.0. The van der Waals surface area contributed by atoms with E-state index in [0.717, 1.165) is 57.8 Å². The average molecular weight is 497 g/mol. The lowest BCUT2D eigenvalue weighted by Gasteiger charge is -2.32. The van der Waals surface area contributed by atoms with Gasteiger partial charge in [0.25, 0.3) is 0 Å². The van der Waals surface area contributed by atoms with Crippen LogP contribution in [0.15, 0.2) is 4.99 Å². The summed E-state index contributed by atoms with van der Waals surface area (Å²) in [4.78, 5) is 18.4. The third-order valence-corrected chi connectivity index (χ3v) is 4.77. The summed E-state index contributed by atoms with van der Waals surface area (Å²) in [7, 11) is 1.68. The van der Waals surface area contributed by atoms with Crippen LogP contribution in [0, 0.1) is 11.8 Å². The Morgan fingerprint density at radius 1 is 1.30 bits per heavy atom. The number of rotatable bonds is 10. The number of amides is 1. The van der Waals surface area contributed by atoms with E-state index < -0.39 is 0 Å². The molecule has 1 unspecified atom stereocenters. The second-order valence-electron chi connectivity index (χ2n) is 7.60. The van der Waals surface area contributed by atoms with Crippen LogP contribution in [-0.4, -0.2) is 74.3 Å². The average Bonchev–Trinajstić information content (AvgIpc) is 2.61. The first-order valence-corrected chi connectivity index (χ1v) is 10.1. The van der Waals surface area contributed by atoms with Crippen LogP contribution >= 0.6 is 24.0 Å². The van der Waals surface area contributed by atoms with Gasteiger partial charge in [-0.05, 0) is 44.4 Å². The van der Waals surface area contributed by atoms with Gasteiger partial charge in [0.2, 0.25) is 5.91 Å². The molecule has 1 aliphatic heterocycles. The number of halogens is 1. The molecule has 8 heteroatoms. The predicted molar refractivity (Wildman–Crippen MR) is 123 cm³/mol. The van der Waals surface area contributed by atoms with Crippen LogP contribution in [-0.2, 0) is 4.79 Å². The Morgan fingerprint density at radius 2 is 1.96 bits per heavy atom. The van der Waals surface area contributed by atoms with Gasteiger partial charge in [0.15, 0.2) is 5.96 Å². The minimum Gasteiger partial charge on any atom is -0.396 e. The third kappa shape index (κ3) is 11.7. The van der Waals surface area contributed by atoms with E-state index in [1.165, 1.54) is 0 Å². The zero-order chi connectivity index (χ0) is 19.4.